The highest BCUT2D eigenvalue weighted by atomic mass is 32.2. The van der Waals surface area contributed by atoms with Gasteiger partial charge in [-0.1, -0.05) is 6.92 Å². The summed E-state index contributed by atoms with van der Waals surface area (Å²) in [5.41, 5.74) is 0. The van der Waals surface area contributed by atoms with Gasteiger partial charge in [-0.25, -0.2) is 12.7 Å². The fourth-order valence-corrected chi connectivity index (χ4v) is 2.31. The average Bonchev–Trinajstić information content (AvgIpc) is 2.21. The van der Waals surface area contributed by atoms with Gasteiger partial charge in [0, 0.05) is 25.9 Å². The van der Waals surface area contributed by atoms with Gasteiger partial charge in [-0.05, 0) is 6.26 Å². The molecule has 0 radical (unpaired) electrons. The first-order chi connectivity index (χ1) is 8.00. The molecule has 1 N–H and O–H groups in total. The van der Waals surface area contributed by atoms with Crippen LogP contribution >= 0.6 is 11.8 Å². The highest BCUT2D eigenvalue weighted by Crippen LogP contribution is 2.22. The highest BCUT2D eigenvalue weighted by molar-refractivity contribution is 7.99. The molecule has 0 amide bonds. The number of alkyl halides is 3. The lowest BCUT2D eigenvalue weighted by molar-refractivity contribution is -0.150. The van der Waals surface area contributed by atoms with E-state index in [9.17, 15) is 21.6 Å². The molecule has 18 heavy (non-hydrogen) atoms. The summed E-state index contributed by atoms with van der Waals surface area (Å²) in [6, 6.07) is -2.04. The fraction of sp³-hybridized carbons (Fsp3) is 1.00. The molecule has 0 fully saturated rings. The maximum atomic E-state index is 12.7. The van der Waals surface area contributed by atoms with Crippen molar-refractivity contribution in [3.8, 4) is 0 Å². The van der Waals surface area contributed by atoms with Crippen molar-refractivity contribution in [3.63, 3.8) is 0 Å². The van der Waals surface area contributed by atoms with E-state index in [1.54, 1.807) is 13.2 Å². The van der Waals surface area contributed by atoms with E-state index in [0.29, 0.717) is 0 Å². The number of halogens is 3. The zero-order chi connectivity index (χ0) is 14.6. The van der Waals surface area contributed by atoms with Gasteiger partial charge in [0.15, 0.2) is 0 Å². The van der Waals surface area contributed by atoms with Crippen molar-refractivity contribution in [1.29, 1.82) is 0 Å². The lowest BCUT2D eigenvalue weighted by atomic mass is 10.3. The predicted octanol–water partition coefficient (Wildman–Crippen LogP) is 1.15. The summed E-state index contributed by atoms with van der Waals surface area (Å²) in [6.45, 7) is 1.87. The fourth-order valence-electron chi connectivity index (χ4n) is 1.02. The van der Waals surface area contributed by atoms with E-state index in [1.807, 2.05) is 0 Å². The number of hydrogen-bond donors (Lipinski definition) is 1. The van der Waals surface area contributed by atoms with Crippen molar-refractivity contribution >= 4 is 21.8 Å². The van der Waals surface area contributed by atoms with Crippen LogP contribution in [0.4, 0.5) is 13.2 Å². The van der Waals surface area contributed by atoms with Crippen LogP contribution in [-0.2, 0) is 10.0 Å². The lowest BCUT2D eigenvalue weighted by Gasteiger charge is -2.24. The predicted molar refractivity (Wildman–Crippen MR) is 68.3 cm³/mol. The molecule has 0 bridgehead atoms. The summed E-state index contributed by atoms with van der Waals surface area (Å²) >= 11 is 1.41. The Hall–Kier alpha value is 0.01000. The van der Waals surface area contributed by atoms with Gasteiger partial charge in [0.1, 0.15) is 6.04 Å². The first-order valence-corrected chi connectivity index (χ1v) is 8.13. The molecule has 0 saturated carbocycles. The van der Waals surface area contributed by atoms with Crippen LogP contribution in [0.3, 0.4) is 0 Å². The number of thioether (sulfide) groups is 1. The number of hydrogen-bond acceptors (Lipinski definition) is 4. The van der Waals surface area contributed by atoms with Crippen LogP contribution in [0.25, 0.3) is 0 Å². The zero-order valence-electron chi connectivity index (χ0n) is 10.8. The van der Waals surface area contributed by atoms with E-state index in [4.69, 9.17) is 0 Å². The molecule has 9 heteroatoms. The summed E-state index contributed by atoms with van der Waals surface area (Å²) in [6.07, 6.45) is -2.80. The van der Waals surface area contributed by atoms with Crippen molar-refractivity contribution in [2.75, 3.05) is 32.6 Å². The smallest absolute Gasteiger partial charge is 0.304 e. The standard InChI is InChI=1S/C9H19F3N2O2S2/c1-7(17-4)5-13-8(9(10,11)12)6-18(15,16)14(2)3/h7-8,13H,5-6H2,1-4H3. The van der Waals surface area contributed by atoms with Crippen LogP contribution in [0.15, 0.2) is 0 Å². The topological polar surface area (TPSA) is 49.4 Å². The molecule has 110 valence electrons. The molecule has 0 aromatic carbocycles. The van der Waals surface area contributed by atoms with E-state index in [0.717, 1.165) is 4.31 Å². The Morgan fingerprint density at radius 1 is 1.33 bits per heavy atom. The van der Waals surface area contributed by atoms with Gasteiger partial charge >= 0.3 is 6.18 Å². The number of nitrogens with one attached hydrogen (secondary N) is 1. The van der Waals surface area contributed by atoms with Gasteiger partial charge in [-0.3, -0.25) is 0 Å². The van der Waals surface area contributed by atoms with Gasteiger partial charge in [0.25, 0.3) is 0 Å². The summed E-state index contributed by atoms with van der Waals surface area (Å²) in [4.78, 5) is 0. The van der Waals surface area contributed by atoms with Crippen LogP contribution in [0.2, 0.25) is 0 Å². The first kappa shape index (κ1) is 18.0. The summed E-state index contributed by atoms with van der Waals surface area (Å²) in [7, 11) is -1.46. The Labute approximate surface area is 110 Å². The Morgan fingerprint density at radius 2 is 1.83 bits per heavy atom. The third kappa shape index (κ3) is 6.26. The third-order valence-corrected chi connectivity index (χ3v) is 5.22. The largest absolute Gasteiger partial charge is 0.404 e. The van der Waals surface area contributed by atoms with Gasteiger partial charge in [0.2, 0.25) is 10.0 Å². The van der Waals surface area contributed by atoms with Gasteiger partial charge in [-0.2, -0.15) is 24.9 Å². The van der Waals surface area contributed by atoms with Crippen LogP contribution < -0.4 is 5.32 Å². The van der Waals surface area contributed by atoms with Crippen LogP contribution in [-0.4, -0.2) is 62.8 Å². The van der Waals surface area contributed by atoms with E-state index < -0.39 is 28.0 Å². The molecule has 0 heterocycles. The van der Waals surface area contributed by atoms with E-state index >= 15 is 0 Å². The second kappa shape index (κ2) is 6.97. The molecule has 4 nitrogen and oxygen atoms in total. The van der Waals surface area contributed by atoms with Crippen molar-refractivity contribution in [2.45, 2.75) is 24.4 Å². The van der Waals surface area contributed by atoms with Crippen LogP contribution in [0.5, 0.6) is 0 Å². The molecule has 2 atom stereocenters. The molecular weight excluding hydrogens is 289 g/mol. The Morgan fingerprint density at radius 3 is 2.17 bits per heavy atom. The van der Waals surface area contributed by atoms with Crippen LogP contribution in [0, 0.1) is 0 Å². The normalized spacial score (nSPS) is 16.9. The molecule has 2 unspecified atom stereocenters. The van der Waals surface area contributed by atoms with Crippen LogP contribution in [0.1, 0.15) is 6.92 Å². The number of rotatable bonds is 7. The molecule has 0 aromatic heterocycles. The molecule has 0 aliphatic rings. The SMILES string of the molecule is CSC(C)CNC(CS(=O)(=O)N(C)C)C(F)(F)F. The molecule has 0 rings (SSSR count). The minimum absolute atomic E-state index is 0.0167. The summed E-state index contributed by atoms with van der Waals surface area (Å²) in [5.74, 6) is -0.982. The maximum absolute atomic E-state index is 12.7. The van der Waals surface area contributed by atoms with Crippen molar-refractivity contribution in [3.05, 3.63) is 0 Å². The molecule has 0 saturated heterocycles. The monoisotopic (exact) mass is 308 g/mol. The van der Waals surface area contributed by atoms with Gasteiger partial charge < -0.3 is 5.32 Å². The molecule has 0 aromatic rings. The van der Waals surface area contributed by atoms with Gasteiger partial charge in [0.05, 0.1) is 5.75 Å². The Balaban J connectivity index is 4.73. The van der Waals surface area contributed by atoms with E-state index in [2.05, 4.69) is 5.32 Å². The molecule has 0 spiro atoms. The van der Waals surface area contributed by atoms with E-state index in [1.165, 1.54) is 25.9 Å². The number of sulfonamides is 1. The lowest BCUT2D eigenvalue weighted by Crippen LogP contribution is -2.50. The average molecular weight is 308 g/mol. The highest BCUT2D eigenvalue weighted by Gasteiger charge is 2.42. The Kier molecular flexibility index (Phi) is 6.97. The molecular formula is C9H19F3N2O2S2. The zero-order valence-corrected chi connectivity index (χ0v) is 12.4. The molecule has 0 aliphatic carbocycles. The minimum Gasteiger partial charge on any atom is -0.304 e. The third-order valence-electron chi connectivity index (χ3n) is 2.38. The van der Waals surface area contributed by atoms with E-state index in [-0.39, 0.29) is 11.8 Å². The Bertz CT molecular complexity index is 344. The maximum Gasteiger partial charge on any atom is 0.404 e. The minimum atomic E-state index is -4.58. The quantitative estimate of drug-likeness (QED) is 0.766. The van der Waals surface area contributed by atoms with Gasteiger partial charge in [-0.15, -0.1) is 0 Å². The van der Waals surface area contributed by atoms with Crippen molar-refractivity contribution < 1.29 is 21.6 Å². The summed E-state index contributed by atoms with van der Waals surface area (Å²) in [5, 5.41) is 2.25. The second-order valence-electron chi connectivity index (χ2n) is 4.11. The second-order valence-corrected chi connectivity index (χ2v) is 7.61. The number of nitrogens with zero attached hydrogens (tertiary/aromatic N) is 1. The molecule has 0 aliphatic heterocycles. The van der Waals surface area contributed by atoms with Crippen molar-refractivity contribution in [1.82, 2.24) is 9.62 Å². The first-order valence-electron chi connectivity index (χ1n) is 5.23. The van der Waals surface area contributed by atoms with Crippen molar-refractivity contribution in [2.24, 2.45) is 0 Å². The summed E-state index contributed by atoms with van der Waals surface area (Å²) < 4.78 is 61.9.